The van der Waals surface area contributed by atoms with Crippen molar-refractivity contribution in [3.63, 3.8) is 0 Å². The van der Waals surface area contributed by atoms with Crippen LogP contribution in [0.25, 0.3) is 10.8 Å². The maximum atomic E-state index is 11.6. The minimum absolute atomic E-state index is 0.384. The number of esters is 1. The quantitative estimate of drug-likeness (QED) is 0.565. The van der Waals surface area contributed by atoms with Crippen molar-refractivity contribution in [2.75, 3.05) is 14.2 Å². The van der Waals surface area contributed by atoms with Crippen LogP contribution in [0.2, 0.25) is 0 Å². The molecule has 0 fully saturated rings. The van der Waals surface area contributed by atoms with E-state index in [2.05, 4.69) is 0 Å². The van der Waals surface area contributed by atoms with Gasteiger partial charge in [-0.2, -0.15) is 0 Å². The van der Waals surface area contributed by atoms with Crippen LogP contribution in [-0.4, -0.2) is 28.0 Å². The summed E-state index contributed by atoms with van der Waals surface area (Å²) in [6.45, 7) is 0. The van der Waals surface area contributed by atoms with E-state index in [9.17, 15) is 4.79 Å². The Morgan fingerprint density at radius 1 is 1.12 bits per heavy atom. The van der Waals surface area contributed by atoms with Crippen molar-refractivity contribution < 1.29 is 14.3 Å². The number of fused-ring (bicyclic) bond motifs is 1. The molecule has 0 radical (unpaired) electrons. The fourth-order valence-electron chi connectivity index (χ4n) is 1.83. The van der Waals surface area contributed by atoms with Gasteiger partial charge in [-0.25, -0.2) is 4.79 Å². The van der Waals surface area contributed by atoms with Gasteiger partial charge in [0.25, 0.3) is 0 Å². The standard InChI is InChI=1S/C13H13BO3/c1-16-12-7-8-3-4-10(14)5-9(8)6-11(12)13(15)17-2/h3-7H,14H2,1-2H3. The summed E-state index contributed by atoms with van der Waals surface area (Å²) in [5.74, 6) is 0.151. The third-order valence-electron chi connectivity index (χ3n) is 2.72. The van der Waals surface area contributed by atoms with Gasteiger partial charge in [-0.3, -0.25) is 0 Å². The summed E-state index contributed by atoms with van der Waals surface area (Å²) >= 11 is 0. The van der Waals surface area contributed by atoms with Crippen LogP contribution in [0.5, 0.6) is 5.75 Å². The van der Waals surface area contributed by atoms with E-state index in [0.29, 0.717) is 11.3 Å². The van der Waals surface area contributed by atoms with Crippen molar-refractivity contribution in [1.82, 2.24) is 0 Å². The molecule has 3 nitrogen and oxygen atoms in total. The van der Waals surface area contributed by atoms with E-state index in [4.69, 9.17) is 9.47 Å². The molecule has 0 aliphatic heterocycles. The number of rotatable bonds is 2. The first kappa shape index (κ1) is 11.5. The molecule has 2 aromatic rings. The Hall–Kier alpha value is -1.97. The van der Waals surface area contributed by atoms with Crippen LogP contribution in [0.4, 0.5) is 0 Å². The molecule has 0 heterocycles. The molecule has 0 aromatic heterocycles. The van der Waals surface area contributed by atoms with Gasteiger partial charge < -0.3 is 9.47 Å². The zero-order valence-electron chi connectivity index (χ0n) is 10.1. The number of carbonyl (C=O) groups excluding carboxylic acids is 1. The Morgan fingerprint density at radius 2 is 1.88 bits per heavy atom. The van der Waals surface area contributed by atoms with Crippen LogP contribution >= 0.6 is 0 Å². The minimum Gasteiger partial charge on any atom is -0.496 e. The third-order valence-corrected chi connectivity index (χ3v) is 2.72. The Morgan fingerprint density at radius 3 is 2.53 bits per heavy atom. The van der Waals surface area contributed by atoms with Gasteiger partial charge in [0.15, 0.2) is 0 Å². The first-order valence-electron chi connectivity index (χ1n) is 5.32. The van der Waals surface area contributed by atoms with Gasteiger partial charge in [-0.05, 0) is 22.9 Å². The molecular weight excluding hydrogens is 215 g/mol. The molecule has 0 unspecified atom stereocenters. The van der Waals surface area contributed by atoms with Gasteiger partial charge in [-0.1, -0.05) is 23.7 Å². The van der Waals surface area contributed by atoms with Crippen molar-refractivity contribution in [3.05, 3.63) is 35.9 Å². The topological polar surface area (TPSA) is 35.5 Å². The van der Waals surface area contributed by atoms with Crippen LogP contribution in [0.15, 0.2) is 30.3 Å². The Balaban J connectivity index is 2.69. The van der Waals surface area contributed by atoms with E-state index in [0.717, 1.165) is 16.2 Å². The predicted molar refractivity (Wildman–Crippen MR) is 70.0 cm³/mol. The first-order chi connectivity index (χ1) is 8.15. The average Bonchev–Trinajstić information content (AvgIpc) is 2.36. The van der Waals surface area contributed by atoms with Crippen molar-refractivity contribution in [2.45, 2.75) is 0 Å². The molecule has 0 aliphatic carbocycles. The van der Waals surface area contributed by atoms with Gasteiger partial charge in [-0.15, -0.1) is 0 Å². The summed E-state index contributed by atoms with van der Waals surface area (Å²) in [4.78, 5) is 11.6. The Labute approximate surface area is 101 Å². The van der Waals surface area contributed by atoms with Crippen molar-refractivity contribution in [3.8, 4) is 5.75 Å². The summed E-state index contributed by atoms with van der Waals surface area (Å²) in [5, 5.41) is 2.05. The van der Waals surface area contributed by atoms with Crippen LogP contribution < -0.4 is 10.2 Å². The number of benzene rings is 2. The molecule has 0 saturated carbocycles. The highest BCUT2D eigenvalue weighted by atomic mass is 16.5. The molecule has 2 rings (SSSR count). The van der Waals surface area contributed by atoms with Crippen molar-refractivity contribution in [2.24, 2.45) is 0 Å². The summed E-state index contributed by atoms with van der Waals surface area (Å²) in [6, 6.07) is 9.71. The number of methoxy groups -OCH3 is 2. The molecule has 0 atom stereocenters. The fourth-order valence-corrected chi connectivity index (χ4v) is 1.83. The minimum atomic E-state index is -0.384. The lowest BCUT2D eigenvalue weighted by molar-refractivity contribution is 0.0597. The second-order valence-corrected chi connectivity index (χ2v) is 3.89. The smallest absolute Gasteiger partial charge is 0.341 e. The van der Waals surface area contributed by atoms with Gasteiger partial charge in [0.1, 0.15) is 19.2 Å². The summed E-state index contributed by atoms with van der Waals surface area (Å²) < 4.78 is 9.94. The molecule has 0 amide bonds. The lowest BCUT2D eigenvalue weighted by Crippen LogP contribution is -2.05. The van der Waals surface area contributed by atoms with E-state index in [-0.39, 0.29) is 5.97 Å². The van der Waals surface area contributed by atoms with E-state index in [1.54, 1.807) is 13.2 Å². The molecule has 4 heteroatoms. The first-order valence-corrected chi connectivity index (χ1v) is 5.32. The normalized spacial score (nSPS) is 10.2. The Kier molecular flexibility index (Phi) is 3.05. The second kappa shape index (κ2) is 4.49. The van der Waals surface area contributed by atoms with Crippen LogP contribution in [-0.2, 0) is 4.74 Å². The summed E-state index contributed by atoms with van der Waals surface area (Å²) in [7, 11) is 4.92. The zero-order chi connectivity index (χ0) is 12.4. The molecule has 0 aliphatic rings. The highest BCUT2D eigenvalue weighted by molar-refractivity contribution is 6.33. The highest BCUT2D eigenvalue weighted by Gasteiger charge is 2.13. The monoisotopic (exact) mass is 228 g/mol. The molecule has 0 spiro atoms. The second-order valence-electron chi connectivity index (χ2n) is 3.89. The van der Waals surface area contributed by atoms with Gasteiger partial charge >= 0.3 is 5.97 Å². The number of carbonyl (C=O) groups is 1. The predicted octanol–water partition coefficient (Wildman–Crippen LogP) is 0.893. The number of hydrogen-bond donors (Lipinski definition) is 0. The molecule has 0 saturated heterocycles. The molecular formula is C13H13BO3. The van der Waals surface area contributed by atoms with E-state index in [1.165, 1.54) is 7.11 Å². The molecule has 17 heavy (non-hydrogen) atoms. The molecule has 0 N–H and O–H groups in total. The lowest BCUT2D eigenvalue weighted by atomic mass is 9.93. The Bertz CT molecular complexity index is 578. The zero-order valence-corrected chi connectivity index (χ0v) is 10.1. The maximum Gasteiger partial charge on any atom is 0.341 e. The van der Waals surface area contributed by atoms with Crippen molar-refractivity contribution >= 4 is 30.1 Å². The summed E-state index contributed by atoms with van der Waals surface area (Å²) in [5.41, 5.74) is 1.60. The summed E-state index contributed by atoms with van der Waals surface area (Å²) in [6.07, 6.45) is 0. The van der Waals surface area contributed by atoms with Gasteiger partial charge in [0, 0.05) is 0 Å². The van der Waals surface area contributed by atoms with E-state index >= 15 is 0 Å². The molecule has 2 aromatic carbocycles. The number of ether oxygens (including phenoxy) is 2. The largest absolute Gasteiger partial charge is 0.496 e. The molecule has 86 valence electrons. The van der Waals surface area contributed by atoms with Gasteiger partial charge in [0.2, 0.25) is 0 Å². The van der Waals surface area contributed by atoms with E-state index in [1.807, 2.05) is 32.1 Å². The average molecular weight is 228 g/mol. The van der Waals surface area contributed by atoms with Gasteiger partial charge in [0.05, 0.1) is 14.2 Å². The van der Waals surface area contributed by atoms with Crippen LogP contribution in [0.3, 0.4) is 0 Å². The maximum absolute atomic E-state index is 11.6. The fraction of sp³-hybridized carbons (Fsp3) is 0.154. The third kappa shape index (κ3) is 2.11. The van der Waals surface area contributed by atoms with Crippen molar-refractivity contribution in [1.29, 1.82) is 0 Å². The number of hydrogen-bond acceptors (Lipinski definition) is 3. The highest BCUT2D eigenvalue weighted by Crippen LogP contribution is 2.25. The molecule has 0 bridgehead atoms. The van der Waals surface area contributed by atoms with E-state index < -0.39 is 0 Å². The van der Waals surface area contributed by atoms with Crippen LogP contribution in [0.1, 0.15) is 10.4 Å². The SMILES string of the molecule is Bc1ccc2cc(OC)c(C(=O)OC)cc2c1. The van der Waals surface area contributed by atoms with Crippen LogP contribution in [0, 0.1) is 0 Å². The lowest BCUT2D eigenvalue weighted by Gasteiger charge is -2.09.